The molecule has 2 heterocycles. The van der Waals surface area contributed by atoms with Crippen molar-refractivity contribution in [3.8, 4) is 5.75 Å². The maximum absolute atomic E-state index is 5.70. The van der Waals surface area contributed by atoms with Crippen LogP contribution in [-0.4, -0.2) is 27.9 Å². The van der Waals surface area contributed by atoms with E-state index in [2.05, 4.69) is 34.6 Å². The van der Waals surface area contributed by atoms with Crippen molar-refractivity contribution in [2.24, 2.45) is 7.05 Å². The Bertz CT molecular complexity index is 581. The van der Waals surface area contributed by atoms with Gasteiger partial charge in [0.25, 0.3) is 0 Å². The van der Waals surface area contributed by atoms with E-state index in [1.807, 2.05) is 23.7 Å². The predicted molar refractivity (Wildman–Crippen MR) is 76.7 cm³/mol. The molecule has 0 radical (unpaired) electrons. The van der Waals surface area contributed by atoms with Gasteiger partial charge in [-0.05, 0) is 25.0 Å². The molecule has 1 aromatic carbocycles. The SMILES string of the molecule is CC(NCC1CCOc2ccccc21)c1nncn1C. The van der Waals surface area contributed by atoms with Crippen molar-refractivity contribution >= 4 is 0 Å². The molecule has 0 saturated carbocycles. The van der Waals surface area contributed by atoms with Crippen LogP contribution < -0.4 is 10.1 Å². The fraction of sp³-hybridized carbons (Fsp3) is 0.467. The van der Waals surface area contributed by atoms with Gasteiger partial charge in [-0.3, -0.25) is 0 Å². The molecule has 0 spiro atoms. The number of ether oxygens (including phenoxy) is 1. The predicted octanol–water partition coefficient (Wildman–Crippen LogP) is 2.03. The molecule has 0 fully saturated rings. The molecule has 2 atom stereocenters. The lowest BCUT2D eigenvalue weighted by Crippen LogP contribution is -2.29. The minimum absolute atomic E-state index is 0.192. The van der Waals surface area contributed by atoms with Gasteiger partial charge < -0.3 is 14.6 Å². The zero-order valence-electron chi connectivity index (χ0n) is 11.9. The number of para-hydroxylation sites is 1. The Morgan fingerprint density at radius 2 is 2.30 bits per heavy atom. The number of hydrogen-bond acceptors (Lipinski definition) is 4. The highest BCUT2D eigenvalue weighted by Gasteiger charge is 2.22. The van der Waals surface area contributed by atoms with Crippen molar-refractivity contribution in [1.29, 1.82) is 0 Å². The molecule has 20 heavy (non-hydrogen) atoms. The van der Waals surface area contributed by atoms with Crippen LogP contribution in [0, 0.1) is 0 Å². The summed E-state index contributed by atoms with van der Waals surface area (Å²) in [5.74, 6) is 2.48. The van der Waals surface area contributed by atoms with E-state index in [1.165, 1.54) is 5.56 Å². The zero-order valence-corrected chi connectivity index (χ0v) is 11.9. The third-order valence-electron chi connectivity index (χ3n) is 3.89. The summed E-state index contributed by atoms with van der Waals surface area (Å²) in [7, 11) is 1.97. The molecule has 0 saturated heterocycles. The number of hydrogen-bond donors (Lipinski definition) is 1. The summed E-state index contributed by atoms with van der Waals surface area (Å²) in [5.41, 5.74) is 1.30. The van der Waals surface area contributed by atoms with Gasteiger partial charge in [-0.2, -0.15) is 0 Å². The molecule has 106 valence electrons. The molecule has 1 aromatic heterocycles. The Hall–Kier alpha value is -1.88. The number of aromatic nitrogens is 3. The summed E-state index contributed by atoms with van der Waals surface area (Å²) in [5, 5.41) is 11.6. The summed E-state index contributed by atoms with van der Waals surface area (Å²) in [4.78, 5) is 0. The summed E-state index contributed by atoms with van der Waals surface area (Å²) >= 11 is 0. The molecular weight excluding hydrogens is 252 g/mol. The van der Waals surface area contributed by atoms with Gasteiger partial charge in [0, 0.05) is 19.5 Å². The smallest absolute Gasteiger partial charge is 0.149 e. The van der Waals surface area contributed by atoms with E-state index in [0.29, 0.717) is 5.92 Å². The van der Waals surface area contributed by atoms with Gasteiger partial charge in [-0.25, -0.2) is 0 Å². The molecule has 0 aliphatic carbocycles. The first-order chi connectivity index (χ1) is 9.75. The lowest BCUT2D eigenvalue weighted by Gasteiger charge is -2.27. The summed E-state index contributed by atoms with van der Waals surface area (Å²) in [6.45, 7) is 3.84. The van der Waals surface area contributed by atoms with Gasteiger partial charge in [-0.15, -0.1) is 10.2 Å². The normalized spacial score (nSPS) is 19.2. The topological polar surface area (TPSA) is 52.0 Å². The van der Waals surface area contributed by atoms with Crippen molar-refractivity contribution < 1.29 is 4.74 Å². The number of aryl methyl sites for hydroxylation is 1. The van der Waals surface area contributed by atoms with Gasteiger partial charge in [-0.1, -0.05) is 18.2 Å². The second-order valence-corrected chi connectivity index (χ2v) is 5.30. The molecule has 1 aliphatic rings. The van der Waals surface area contributed by atoms with Gasteiger partial charge in [0.15, 0.2) is 0 Å². The second-order valence-electron chi connectivity index (χ2n) is 5.30. The number of rotatable bonds is 4. The van der Waals surface area contributed by atoms with E-state index >= 15 is 0 Å². The number of fused-ring (bicyclic) bond motifs is 1. The molecule has 5 nitrogen and oxygen atoms in total. The Labute approximate surface area is 119 Å². The fourth-order valence-electron chi connectivity index (χ4n) is 2.72. The van der Waals surface area contributed by atoms with Crippen LogP contribution in [0.4, 0.5) is 0 Å². The Balaban J connectivity index is 1.66. The van der Waals surface area contributed by atoms with Crippen LogP contribution in [0.5, 0.6) is 5.75 Å². The standard InChI is InChI=1S/C15H20N4O/c1-11(15-18-17-10-19(15)2)16-9-12-7-8-20-14-6-4-3-5-13(12)14/h3-6,10-12,16H,7-9H2,1-2H3. The van der Waals surface area contributed by atoms with Crippen molar-refractivity contribution in [1.82, 2.24) is 20.1 Å². The van der Waals surface area contributed by atoms with Gasteiger partial charge in [0.2, 0.25) is 0 Å². The molecule has 0 amide bonds. The van der Waals surface area contributed by atoms with E-state index in [-0.39, 0.29) is 6.04 Å². The zero-order chi connectivity index (χ0) is 13.9. The quantitative estimate of drug-likeness (QED) is 0.925. The van der Waals surface area contributed by atoms with E-state index in [1.54, 1.807) is 6.33 Å². The largest absolute Gasteiger partial charge is 0.493 e. The molecule has 1 N–H and O–H groups in total. The average Bonchev–Trinajstić information content (AvgIpc) is 2.91. The first kappa shape index (κ1) is 13.1. The van der Waals surface area contributed by atoms with E-state index in [0.717, 1.165) is 31.1 Å². The number of nitrogens with one attached hydrogen (secondary N) is 1. The minimum atomic E-state index is 0.192. The average molecular weight is 272 g/mol. The maximum Gasteiger partial charge on any atom is 0.149 e. The number of benzene rings is 1. The van der Waals surface area contributed by atoms with Gasteiger partial charge in [0.1, 0.15) is 17.9 Å². The molecule has 0 bridgehead atoms. The first-order valence-corrected chi connectivity index (χ1v) is 7.04. The Morgan fingerprint density at radius 3 is 3.10 bits per heavy atom. The van der Waals surface area contributed by atoms with E-state index in [9.17, 15) is 0 Å². The van der Waals surface area contributed by atoms with Crippen LogP contribution in [0.25, 0.3) is 0 Å². The highest BCUT2D eigenvalue weighted by atomic mass is 16.5. The molecule has 3 rings (SSSR count). The molecular formula is C15H20N4O. The van der Waals surface area contributed by atoms with Crippen LogP contribution in [0.15, 0.2) is 30.6 Å². The van der Waals surface area contributed by atoms with Crippen LogP contribution in [-0.2, 0) is 7.05 Å². The van der Waals surface area contributed by atoms with Crippen molar-refractivity contribution in [3.63, 3.8) is 0 Å². The van der Waals surface area contributed by atoms with Crippen molar-refractivity contribution in [2.75, 3.05) is 13.2 Å². The summed E-state index contributed by atoms with van der Waals surface area (Å²) in [6.07, 6.45) is 2.78. The number of nitrogens with zero attached hydrogens (tertiary/aromatic N) is 3. The molecule has 5 heteroatoms. The first-order valence-electron chi connectivity index (χ1n) is 7.04. The lowest BCUT2D eigenvalue weighted by molar-refractivity contribution is 0.262. The van der Waals surface area contributed by atoms with E-state index in [4.69, 9.17) is 4.74 Å². The van der Waals surface area contributed by atoms with E-state index < -0.39 is 0 Å². The van der Waals surface area contributed by atoms with Crippen molar-refractivity contribution in [3.05, 3.63) is 42.0 Å². The minimum Gasteiger partial charge on any atom is -0.493 e. The third-order valence-corrected chi connectivity index (χ3v) is 3.89. The summed E-state index contributed by atoms with van der Waals surface area (Å²) in [6, 6.07) is 8.50. The lowest BCUT2D eigenvalue weighted by atomic mass is 9.93. The monoisotopic (exact) mass is 272 g/mol. The maximum atomic E-state index is 5.70. The van der Waals surface area contributed by atoms with Gasteiger partial charge >= 0.3 is 0 Å². The van der Waals surface area contributed by atoms with Crippen LogP contribution in [0.2, 0.25) is 0 Å². The highest BCUT2D eigenvalue weighted by Crippen LogP contribution is 2.33. The Kier molecular flexibility index (Phi) is 3.69. The van der Waals surface area contributed by atoms with Crippen LogP contribution in [0.1, 0.15) is 36.7 Å². The van der Waals surface area contributed by atoms with Crippen LogP contribution in [0.3, 0.4) is 0 Å². The second kappa shape index (κ2) is 5.63. The van der Waals surface area contributed by atoms with Gasteiger partial charge in [0.05, 0.1) is 12.6 Å². The molecule has 1 aliphatic heterocycles. The Morgan fingerprint density at radius 1 is 1.45 bits per heavy atom. The summed E-state index contributed by atoms with van der Waals surface area (Å²) < 4.78 is 7.65. The highest BCUT2D eigenvalue weighted by molar-refractivity contribution is 5.37. The molecule has 2 unspecified atom stereocenters. The third kappa shape index (κ3) is 2.54. The fourth-order valence-corrected chi connectivity index (χ4v) is 2.72. The van der Waals surface area contributed by atoms with Crippen molar-refractivity contribution in [2.45, 2.75) is 25.3 Å². The molecule has 2 aromatic rings. The van der Waals surface area contributed by atoms with Crippen LogP contribution >= 0.6 is 0 Å².